The second-order valence-corrected chi connectivity index (χ2v) is 9.27. The second-order valence-electron chi connectivity index (χ2n) is 9.27. The molecule has 0 radical (unpaired) electrons. The lowest BCUT2D eigenvalue weighted by molar-refractivity contribution is 0.0691. The van der Waals surface area contributed by atoms with Crippen LogP contribution in [-0.4, -0.2) is 46.5 Å². The van der Waals surface area contributed by atoms with Crippen molar-refractivity contribution in [1.29, 1.82) is 0 Å². The van der Waals surface area contributed by atoms with E-state index in [4.69, 9.17) is 10.8 Å². The Bertz CT molecular complexity index is 1830. The zero-order chi connectivity index (χ0) is 32.0. The summed E-state index contributed by atoms with van der Waals surface area (Å²) in [5, 5.41) is 19.2. The molecule has 228 valence electrons. The molecule has 2 aromatic carbocycles. The fourth-order valence-corrected chi connectivity index (χ4v) is 3.80. The molecular formula is C32H28F2N8O3. The van der Waals surface area contributed by atoms with E-state index in [1.54, 1.807) is 58.5 Å². The van der Waals surface area contributed by atoms with Gasteiger partial charge in [-0.3, -0.25) is 24.1 Å². The van der Waals surface area contributed by atoms with Crippen molar-refractivity contribution in [2.75, 3.05) is 11.1 Å². The topological polar surface area (TPSA) is 154 Å². The largest absolute Gasteiger partial charge is 0.478 e. The van der Waals surface area contributed by atoms with E-state index in [1.807, 2.05) is 30.5 Å². The third-order valence-electron chi connectivity index (χ3n) is 5.95. The van der Waals surface area contributed by atoms with Gasteiger partial charge in [0.2, 0.25) is 0 Å². The first-order valence-electron chi connectivity index (χ1n) is 13.4. The zero-order valence-electron chi connectivity index (χ0n) is 23.7. The van der Waals surface area contributed by atoms with Crippen molar-refractivity contribution in [2.24, 2.45) is 0 Å². The number of carbonyl (C=O) groups excluding carboxylic acids is 1. The molecule has 0 unspecified atom stereocenters. The number of nitrogens with zero attached hydrogens (tertiary/aromatic N) is 6. The second kappa shape index (κ2) is 15.8. The maximum absolute atomic E-state index is 13.5. The summed E-state index contributed by atoms with van der Waals surface area (Å²) in [7, 11) is 0. The van der Waals surface area contributed by atoms with E-state index in [2.05, 4.69) is 25.5 Å². The van der Waals surface area contributed by atoms with Gasteiger partial charge >= 0.3 is 5.97 Å². The Labute approximate surface area is 256 Å². The minimum absolute atomic E-state index is 0.00816. The number of pyridine rings is 2. The standard InChI is InChI=1S/C16H13FN4O.C9H10N4.C7H5FO2/c17-14-4-2-1-3-13(14)16(22)19-15-7-10-21(20-15)11-12-5-8-18-9-6-12;10-9-3-6-13(12-9)7-8-1-4-11-5-2-8;8-6-4-2-1-3-5(6)7(9)10/h1-10H,11H2,(H,19,20,22);1-6H,7H2,(H2,10,12);1-4H,(H,9,10). The van der Waals surface area contributed by atoms with Crippen LogP contribution in [0.5, 0.6) is 0 Å². The summed E-state index contributed by atoms with van der Waals surface area (Å²) >= 11 is 0. The van der Waals surface area contributed by atoms with Gasteiger partial charge in [0.05, 0.1) is 24.2 Å². The van der Waals surface area contributed by atoms with Crippen LogP contribution >= 0.6 is 0 Å². The molecule has 0 aliphatic heterocycles. The highest BCUT2D eigenvalue weighted by Gasteiger charge is 2.12. The van der Waals surface area contributed by atoms with Gasteiger partial charge < -0.3 is 16.2 Å². The molecule has 1 amide bonds. The highest BCUT2D eigenvalue weighted by atomic mass is 19.1. The van der Waals surface area contributed by atoms with Crippen LogP contribution in [0.4, 0.5) is 20.4 Å². The number of carboxylic acid groups (broad SMARTS) is 1. The number of carboxylic acids is 1. The predicted octanol–water partition coefficient (Wildman–Crippen LogP) is 5.15. The summed E-state index contributed by atoms with van der Waals surface area (Å²) in [4.78, 5) is 30.1. The van der Waals surface area contributed by atoms with Crippen molar-refractivity contribution in [3.8, 4) is 0 Å². The van der Waals surface area contributed by atoms with Crippen LogP contribution in [0.1, 0.15) is 31.8 Å². The molecule has 0 saturated heterocycles. The van der Waals surface area contributed by atoms with E-state index in [0.29, 0.717) is 18.2 Å². The quantitative estimate of drug-likeness (QED) is 0.224. The molecule has 0 bridgehead atoms. The van der Waals surface area contributed by atoms with Gasteiger partial charge in [0.25, 0.3) is 5.91 Å². The van der Waals surface area contributed by atoms with Gasteiger partial charge in [0.1, 0.15) is 17.5 Å². The molecule has 4 aromatic heterocycles. The molecule has 0 atom stereocenters. The molecule has 6 aromatic rings. The lowest BCUT2D eigenvalue weighted by Crippen LogP contribution is -2.14. The molecule has 0 spiro atoms. The number of anilines is 2. The van der Waals surface area contributed by atoms with Gasteiger partial charge in [-0.15, -0.1) is 0 Å². The molecule has 4 heterocycles. The van der Waals surface area contributed by atoms with Crippen LogP contribution < -0.4 is 11.1 Å². The zero-order valence-corrected chi connectivity index (χ0v) is 23.7. The molecule has 45 heavy (non-hydrogen) atoms. The minimum Gasteiger partial charge on any atom is -0.478 e. The lowest BCUT2D eigenvalue weighted by Gasteiger charge is -2.03. The Morgan fingerprint density at radius 3 is 1.64 bits per heavy atom. The fourth-order valence-electron chi connectivity index (χ4n) is 3.80. The third-order valence-corrected chi connectivity index (χ3v) is 5.95. The summed E-state index contributed by atoms with van der Waals surface area (Å²) in [6, 6.07) is 22.2. The molecule has 0 aliphatic carbocycles. The molecule has 11 nitrogen and oxygen atoms in total. The lowest BCUT2D eigenvalue weighted by atomic mass is 10.2. The maximum atomic E-state index is 13.5. The van der Waals surface area contributed by atoms with Gasteiger partial charge in [0, 0.05) is 43.2 Å². The summed E-state index contributed by atoms with van der Waals surface area (Å²) < 4.78 is 29.5. The van der Waals surface area contributed by atoms with Crippen molar-refractivity contribution >= 4 is 23.5 Å². The van der Waals surface area contributed by atoms with E-state index in [9.17, 15) is 18.4 Å². The summed E-state index contributed by atoms with van der Waals surface area (Å²) in [5.74, 6) is -2.09. The third kappa shape index (κ3) is 9.92. The number of hydrogen-bond donors (Lipinski definition) is 3. The first kappa shape index (κ1) is 31.7. The number of rotatable bonds is 7. The Morgan fingerprint density at radius 1 is 0.689 bits per heavy atom. The van der Waals surface area contributed by atoms with Crippen LogP contribution in [0.15, 0.2) is 122 Å². The number of aromatic nitrogens is 6. The van der Waals surface area contributed by atoms with Crippen LogP contribution in [0, 0.1) is 11.6 Å². The summed E-state index contributed by atoms with van der Waals surface area (Å²) in [5.41, 5.74) is 7.40. The van der Waals surface area contributed by atoms with Gasteiger partial charge in [-0.2, -0.15) is 10.2 Å². The SMILES string of the molecule is Nc1ccn(Cc2ccncc2)n1.O=C(Nc1ccn(Cc2ccncc2)n1)c1ccccc1F.O=C(O)c1ccccc1F. The maximum Gasteiger partial charge on any atom is 0.338 e. The molecule has 0 saturated carbocycles. The number of hydrogen-bond acceptors (Lipinski definition) is 7. The monoisotopic (exact) mass is 610 g/mol. The number of benzene rings is 2. The Hall–Kier alpha value is -6.24. The van der Waals surface area contributed by atoms with Crippen molar-refractivity contribution in [3.05, 3.63) is 156 Å². The van der Waals surface area contributed by atoms with Crippen LogP contribution in [0.25, 0.3) is 0 Å². The van der Waals surface area contributed by atoms with Crippen molar-refractivity contribution < 1.29 is 23.5 Å². The number of aromatic carboxylic acids is 1. The van der Waals surface area contributed by atoms with E-state index in [0.717, 1.165) is 23.7 Å². The highest BCUT2D eigenvalue weighted by Crippen LogP contribution is 2.11. The minimum atomic E-state index is -1.24. The van der Waals surface area contributed by atoms with E-state index in [1.165, 1.54) is 36.4 Å². The first-order chi connectivity index (χ1) is 21.8. The number of carbonyl (C=O) groups is 2. The molecule has 6 rings (SSSR count). The van der Waals surface area contributed by atoms with Crippen LogP contribution in [-0.2, 0) is 13.1 Å². The Morgan fingerprint density at radius 2 is 1.18 bits per heavy atom. The predicted molar refractivity (Wildman–Crippen MR) is 163 cm³/mol. The van der Waals surface area contributed by atoms with Crippen molar-refractivity contribution in [2.45, 2.75) is 13.1 Å². The van der Waals surface area contributed by atoms with Gasteiger partial charge in [-0.1, -0.05) is 24.3 Å². The fraction of sp³-hybridized carbons (Fsp3) is 0.0625. The number of nitrogens with two attached hydrogens (primary N) is 1. The highest BCUT2D eigenvalue weighted by molar-refractivity contribution is 6.03. The van der Waals surface area contributed by atoms with E-state index in [-0.39, 0.29) is 11.1 Å². The van der Waals surface area contributed by atoms with Gasteiger partial charge in [-0.25, -0.2) is 13.6 Å². The number of halogens is 2. The number of nitrogens with one attached hydrogen (secondary N) is 1. The molecular weight excluding hydrogens is 582 g/mol. The summed E-state index contributed by atoms with van der Waals surface area (Å²) in [6.07, 6.45) is 10.6. The Balaban J connectivity index is 0.000000170. The van der Waals surface area contributed by atoms with E-state index < -0.39 is 23.5 Å². The van der Waals surface area contributed by atoms with Gasteiger partial charge in [0.15, 0.2) is 5.82 Å². The average molecular weight is 611 g/mol. The van der Waals surface area contributed by atoms with Crippen molar-refractivity contribution in [1.82, 2.24) is 29.5 Å². The number of amides is 1. The normalized spacial score (nSPS) is 10.1. The average Bonchev–Trinajstić information content (AvgIpc) is 3.66. The van der Waals surface area contributed by atoms with Crippen LogP contribution in [0.2, 0.25) is 0 Å². The Kier molecular flexibility index (Phi) is 11.2. The first-order valence-corrected chi connectivity index (χ1v) is 13.4. The smallest absolute Gasteiger partial charge is 0.338 e. The van der Waals surface area contributed by atoms with Gasteiger partial charge in [-0.05, 0) is 65.7 Å². The van der Waals surface area contributed by atoms with E-state index >= 15 is 0 Å². The molecule has 13 heteroatoms. The molecule has 0 aliphatic rings. The van der Waals surface area contributed by atoms with Crippen LogP contribution in [0.3, 0.4) is 0 Å². The van der Waals surface area contributed by atoms with Crippen molar-refractivity contribution in [3.63, 3.8) is 0 Å². The molecule has 4 N–H and O–H groups in total. The number of nitrogen functional groups attached to an aromatic ring is 1. The summed E-state index contributed by atoms with van der Waals surface area (Å²) in [6.45, 7) is 1.30. The molecule has 0 fully saturated rings.